The average Bonchev–Trinajstić information content (AvgIpc) is 2.63. The van der Waals surface area contributed by atoms with Gasteiger partial charge in [-0.25, -0.2) is 0 Å². The first-order valence-electron chi connectivity index (χ1n) is 4.50. The maximum atomic E-state index is 5.73. The van der Waals surface area contributed by atoms with Crippen molar-refractivity contribution in [1.82, 2.24) is 5.32 Å². The van der Waals surface area contributed by atoms with E-state index in [4.69, 9.17) is 5.73 Å². The van der Waals surface area contributed by atoms with Crippen LogP contribution < -0.4 is 11.1 Å². The molecule has 62 valence electrons. The second-order valence-electron chi connectivity index (χ2n) is 3.74. The lowest BCUT2D eigenvalue weighted by Crippen LogP contribution is -2.05. The van der Waals surface area contributed by atoms with E-state index < -0.39 is 0 Å². The van der Waals surface area contributed by atoms with Crippen LogP contribution in [0.2, 0.25) is 0 Å². The van der Waals surface area contributed by atoms with Gasteiger partial charge in [-0.3, -0.25) is 0 Å². The Morgan fingerprint density at radius 2 is 1.92 bits per heavy atom. The highest BCUT2D eigenvalue weighted by Crippen LogP contribution is 2.45. The van der Waals surface area contributed by atoms with Gasteiger partial charge in [-0.1, -0.05) is 6.07 Å². The van der Waals surface area contributed by atoms with Crippen LogP contribution in [0.25, 0.3) is 0 Å². The van der Waals surface area contributed by atoms with Gasteiger partial charge in [0, 0.05) is 17.8 Å². The molecule has 2 aliphatic heterocycles. The number of benzene rings is 1. The highest BCUT2D eigenvalue weighted by Gasteiger charge is 2.35. The third-order valence-electron chi connectivity index (χ3n) is 3.01. The van der Waals surface area contributed by atoms with Crippen molar-refractivity contribution in [2.24, 2.45) is 0 Å². The zero-order valence-electron chi connectivity index (χ0n) is 6.88. The van der Waals surface area contributed by atoms with Gasteiger partial charge in [0.05, 0.1) is 0 Å². The van der Waals surface area contributed by atoms with Crippen molar-refractivity contribution in [2.75, 3.05) is 5.73 Å². The Kier molecular flexibility index (Phi) is 1.09. The van der Waals surface area contributed by atoms with Crippen molar-refractivity contribution in [1.29, 1.82) is 0 Å². The van der Waals surface area contributed by atoms with E-state index in [0.29, 0.717) is 12.1 Å². The van der Waals surface area contributed by atoms with Crippen LogP contribution in [-0.2, 0) is 0 Å². The molecule has 0 aliphatic carbocycles. The predicted octanol–water partition coefficient (Wildman–Crippen LogP) is 1.75. The van der Waals surface area contributed by atoms with E-state index >= 15 is 0 Å². The topological polar surface area (TPSA) is 38.0 Å². The summed E-state index contributed by atoms with van der Waals surface area (Å²) in [6.07, 6.45) is 2.57. The van der Waals surface area contributed by atoms with Crippen molar-refractivity contribution >= 4 is 5.69 Å². The van der Waals surface area contributed by atoms with Gasteiger partial charge in [-0.05, 0) is 36.1 Å². The molecule has 0 unspecified atom stereocenters. The van der Waals surface area contributed by atoms with Gasteiger partial charge in [-0.2, -0.15) is 0 Å². The van der Waals surface area contributed by atoms with E-state index in [2.05, 4.69) is 17.4 Å². The van der Waals surface area contributed by atoms with Gasteiger partial charge in [0.2, 0.25) is 0 Å². The highest BCUT2D eigenvalue weighted by atomic mass is 15.0. The van der Waals surface area contributed by atoms with Crippen molar-refractivity contribution < 1.29 is 0 Å². The van der Waals surface area contributed by atoms with Crippen LogP contribution in [-0.4, -0.2) is 0 Å². The Balaban J connectivity index is 2.20. The molecule has 0 aromatic heterocycles. The summed E-state index contributed by atoms with van der Waals surface area (Å²) in [4.78, 5) is 0. The second-order valence-corrected chi connectivity index (χ2v) is 3.74. The lowest BCUT2D eigenvalue weighted by atomic mass is 9.91. The summed E-state index contributed by atoms with van der Waals surface area (Å²) in [5, 5.41) is 3.56. The standard InChI is InChI=1S/C10H12N2/c11-6-1-2-7-8(5-6)10-4-3-9(7)12-10/h1-2,5,9-10,12H,3-4,11H2/t9-,10+/m0/s1. The maximum absolute atomic E-state index is 5.73. The molecule has 0 spiro atoms. The normalized spacial score (nSPS) is 30.7. The molecule has 2 nitrogen and oxygen atoms in total. The first-order valence-corrected chi connectivity index (χ1v) is 4.50. The molecule has 1 aromatic rings. The van der Waals surface area contributed by atoms with Crippen molar-refractivity contribution in [2.45, 2.75) is 24.9 Å². The SMILES string of the molecule is Nc1ccc2c(c1)[C@H]1CC[C@@H]2N1. The van der Waals surface area contributed by atoms with Gasteiger partial charge in [0.15, 0.2) is 0 Å². The number of hydrogen-bond acceptors (Lipinski definition) is 2. The minimum Gasteiger partial charge on any atom is -0.399 e. The van der Waals surface area contributed by atoms with Crippen molar-refractivity contribution in [3.8, 4) is 0 Å². The van der Waals surface area contributed by atoms with Crippen LogP contribution in [0, 0.1) is 0 Å². The first kappa shape index (κ1) is 6.49. The second kappa shape index (κ2) is 2.02. The summed E-state index contributed by atoms with van der Waals surface area (Å²) in [7, 11) is 0. The van der Waals surface area contributed by atoms with Gasteiger partial charge in [0.25, 0.3) is 0 Å². The fraction of sp³-hybridized carbons (Fsp3) is 0.400. The molecule has 12 heavy (non-hydrogen) atoms. The van der Waals surface area contributed by atoms with Crippen molar-refractivity contribution in [3.05, 3.63) is 29.3 Å². The lowest BCUT2D eigenvalue weighted by Gasteiger charge is -2.12. The van der Waals surface area contributed by atoms with E-state index in [1.165, 1.54) is 24.0 Å². The number of nitrogen functional groups attached to an aromatic ring is 1. The molecule has 2 bridgehead atoms. The Labute approximate surface area is 71.8 Å². The fourth-order valence-electron chi connectivity index (χ4n) is 2.45. The van der Waals surface area contributed by atoms with Gasteiger partial charge in [-0.15, -0.1) is 0 Å². The molecule has 0 amide bonds. The molecular weight excluding hydrogens is 148 g/mol. The Morgan fingerprint density at radius 1 is 1.17 bits per heavy atom. The fourth-order valence-corrected chi connectivity index (χ4v) is 2.45. The van der Waals surface area contributed by atoms with E-state index in [1.807, 2.05) is 6.07 Å². The Bertz CT molecular complexity index is 333. The number of anilines is 1. The van der Waals surface area contributed by atoms with Crippen LogP contribution in [0.5, 0.6) is 0 Å². The van der Waals surface area contributed by atoms with Crippen LogP contribution in [0.3, 0.4) is 0 Å². The van der Waals surface area contributed by atoms with Gasteiger partial charge >= 0.3 is 0 Å². The molecule has 3 rings (SSSR count). The molecule has 1 saturated heterocycles. The summed E-state index contributed by atoms with van der Waals surface area (Å²) in [5.41, 5.74) is 9.54. The summed E-state index contributed by atoms with van der Waals surface area (Å²) in [5.74, 6) is 0. The monoisotopic (exact) mass is 160 g/mol. The number of nitrogens with one attached hydrogen (secondary N) is 1. The predicted molar refractivity (Wildman–Crippen MR) is 48.7 cm³/mol. The molecule has 1 aromatic carbocycles. The third-order valence-corrected chi connectivity index (χ3v) is 3.01. The summed E-state index contributed by atoms with van der Waals surface area (Å²) in [6, 6.07) is 7.49. The van der Waals surface area contributed by atoms with Crippen LogP contribution in [0.4, 0.5) is 5.69 Å². The van der Waals surface area contributed by atoms with Gasteiger partial charge in [0.1, 0.15) is 0 Å². The van der Waals surface area contributed by atoms with E-state index in [-0.39, 0.29) is 0 Å². The quantitative estimate of drug-likeness (QED) is 0.567. The largest absolute Gasteiger partial charge is 0.399 e. The summed E-state index contributed by atoms with van der Waals surface area (Å²) < 4.78 is 0. The molecule has 0 radical (unpaired) electrons. The minimum atomic E-state index is 0.591. The van der Waals surface area contributed by atoms with Crippen LogP contribution in [0.15, 0.2) is 18.2 Å². The molecule has 2 atom stereocenters. The molecule has 0 saturated carbocycles. The molecule has 2 aliphatic rings. The van der Waals surface area contributed by atoms with E-state index in [1.54, 1.807) is 0 Å². The summed E-state index contributed by atoms with van der Waals surface area (Å²) in [6.45, 7) is 0. The number of nitrogens with two attached hydrogens (primary N) is 1. The van der Waals surface area contributed by atoms with Crippen molar-refractivity contribution in [3.63, 3.8) is 0 Å². The number of rotatable bonds is 0. The zero-order chi connectivity index (χ0) is 8.13. The molecule has 3 N–H and O–H groups in total. The Morgan fingerprint density at radius 3 is 2.75 bits per heavy atom. The van der Waals surface area contributed by atoms with E-state index in [0.717, 1.165) is 5.69 Å². The van der Waals surface area contributed by atoms with Crippen LogP contribution >= 0.6 is 0 Å². The molecule has 2 heteroatoms. The third kappa shape index (κ3) is 0.681. The number of hydrogen-bond donors (Lipinski definition) is 2. The Hall–Kier alpha value is -1.02. The molecule has 2 heterocycles. The van der Waals surface area contributed by atoms with Crippen LogP contribution in [0.1, 0.15) is 36.1 Å². The number of fused-ring (bicyclic) bond motifs is 5. The minimum absolute atomic E-state index is 0.591. The maximum Gasteiger partial charge on any atom is 0.0330 e. The lowest BCUT2D eigenvalue weighted by molar-refractivity contribution is 0.639. The first-order chi connectivity index (χ1) is 5.84. The molecule has 1 fully saturated rings. The zero-order valence-corrected chi connectivity index (χ0v) is 6.88. The molecular formula is C10H12N2. The average molecular weight is 160 g/mol. The highest BCUT2D eigenvalue weighted by molar-refractivity contribution is 5.50. The van der Waals surface area contributed by atoms with Gasteiger partial charge < -0.3 is 11.1 Å². The summed E-state index contributed by atoms with van der Waals surface area (Å²) >= 11 is 0. The smallest absolute Gasteiger partial charge is 0.0330 e. The van der Waals surface area contributed by atoms with E-state index in [9.17, 15) is 0 Å².